The number of nitrogens with one attached hydrogen (secondary N) is 2. The predicted molar refractivity (Wildman–Crippen MR) is 99.4 cm³/mol. The monoisotopic (exact) mass is 399 g/mol. The van der Waals surface area contributed by atoms with Crippen molar-refractivity contribution in [3.8, 4) is 0 Å². The Bertz CT molecular complexity index is 781. The molecule has 0 unspecified atom stereocenters. The Kier molecular flexibility index (Phi) is 5.83. The zero-order valence-corrected chi connectivity index (χ0v) is 15.5. The zero-order valence-electron chi connectivity index (χ0n) is 14.7. The fraction of sp³-hybridized carbons (Fsp3) is 0.471. The molecule has 2 aromatic rings. The van der Waals surface area contributed by atoms with Crippen molar-refractivity contribution in [1.82, 2.24) is 15.3 Å². The molecule has 1 fully saturated rings. The summed E-state index contributed by atoms with van der Waals surface area (Å²) in [5.41, 5.74) is -0.998. The summed E-state index contributed by atoms with van der Waals surface area (Å²) >= 11 is 5.13. The van der Waals surface area contributed by atoms with Gasteiger partial charge in [0.1, 0.15) is 11.6 Å². The quantitative estimate of drug-likeness (QED) is 0.758. The maximum absolute atomic E-state index is 13.3. The van der Waals surface area contributed by atoms with Crippen LogP contribution in [0.4, 0.5) is 24.9 Å². The Morgan fingerprint density at radius 3 is 2.89 bits per heavy atom. The number of halogens is 3. The van der Waals surface area contributed by atoms with Crippen molar-refractivity contribution in [2.45, 2.75) is 32.5 Å². The number of nitrogens with zero attached hydrogens (tertiary/aromatic N) is 3. The van der Waals surface area contributed by atoms with E-state index >= 15 is 0 Å². The Labute approximate surface area is 160 Å². The zero-order chi connectivity index (χ0) is 19.4. The molecular formula is C17H20F3N5OS. The molecule has 2 N–H and O–H groups in total. The lowest BCUT2D eigenvalue weighted by molar-refractivity contribution is -0.141. The van der Waals surface area contributed by atoms with Crippen LogP contribution in [0.3, 0.4) is 0 Å². The molecule has 146 valence electrons. The maximum atomic E-state index is 13.3. The average molecular weight is 399 g/mol. The third kappa shape index (κ3) is 5.31. The van der Waals surface area contributed by atoms with Gasteiger partial charge in [-0.1, -0.05) is 6.92 Å². The molecule has 2 aromatic heterocycles. The molecule has 27 heavy (non-hydrogen) atoms. The highest BCUT2D eigenvalue weighted by Gasteiger charge is 2.34. The van der Waals surface area contributed by atoms with Gasteiger partial charge in [0.2, 0.25) is 5.95 Å². The first-order chi connectivity index (χ1) is 12.8. The highest BCUT2D eigenvalue weighted by molar-refractivity contribution is 7.80. The van der Waals surface area contributed by atoms with Gasteiger partial charge < -0.3 is 20.0 Å². The first-order valence-corrected chi connectivity index (χ1v) is 9.00. The van der Waals surface area contributed by atoms with Crippen molar-refractivity contribution in [3.05, 3.63) is 35.9 Å². The van der Waals surface area contributed by atoms with E-state index in [2.05, 4.69) is 27.5 Å². The van der Waals surface area contributed by atoms with Crippen LogP contribution in [0.25, 0.3) is 0 Å². The largest absolute Gasteiger partial charge is 0.467 e. The van der Waals surface area contributed by atoms with Crippen LogP contribution in [0.15, 0.2) is 28.9 Å². The number of hydrogen-bond acceptors (Lipinski definition) is 5. The number of thiocarbonyl (C=S) groups is 1. The van der Waals surface area contributed by atoms with Gasteiger partial charge in [-0.2, -0.15) is 18.2 Å². The minimum atomic E-state index is -4.57. The number of alkyl halides is 3. The van der Waals surface area contributed by atoms with E-state index in [9.17, 15) is 13.2 Å². The lowest BCUT2D eigenvalue weighted by Crippen LogP contribution is -2.35. The van der Waals surface area contributed by atoms with Crippen LogP contribution in [0.1, 0.15) is 31.2 Å². The van der Waals surface area contributed by atoms with E-state index in [1.807, 2.05) is 4.90 Å². The van der Waals surface area contributed by atoms with Crippen LogP contribution in [-0.4, -0.2) is 28.2 Å². The van der Waals surface area contributed by atoms with E-state index in [0.717, 1.165) is 18.9 Å². The summed E-state index contributed by atoms with van der Waals surface area (Å²) in [6, 6.07) is 4.48. The molecule has 0 saturated carbocycles. The summed E-state index contributed by atoms with van der Waals surface area (Å²) in [5, 5.41) is 5.60. The molecule has 10 heteroatoms. The molecule has 3 rings (SSSR count). The van der Waals surface area contributed by atoms with Crippen LogP contribution in [0.5, 0.6) is 0 Å². The third-order valence-electron chi connectivity index (χ3n) is 4.21. The van der Waals surface area contributed by atoms with Gasteiger partial charge in [-0.3, -0.25) is 0 Å². The van der Waals surface area contributed by atoms with Gasteiger partial charge in [0.15, 0.2) is 10.8 Å². The van der Waals surface area contributed by atoms with Crippen molar-refractivity contribution in [1.29, 1.82) is 0 Å². The number of furan rings is 1. The van der Waals surface area contributed by atoms with Crippen LogP contribution >= 0.6 is 12.2 Å². The number of hydrogen-bond donors (Lipinski definition) is 2. The number of piperidine rings is 1. The normalized spacial score (nSPS) is 17.6. The Morgan fingerprint density at radius 2 is 2.22 bits per heavy atom. The molecule has 0 bridgehead atoms. The summed E-state index contributed by atoms with van der Waals surface area (Å²) < 4.78 is 45.0. The summed E-state index contributed by atoms with van der Waals surface area (Å²) in [4.78, 5) is 9.68. The maximum Gasteiger partial charge on any atom is 0.433 e. The second-order valence-electron chi connectivity index (χ2n) is 6.51. The lowest BCUT2D eigenvalue weighted by Gasteiger charge is -2.32. The number of anilines is 2. The average Bonchev–Trinajstić information content (AvgIpc) is 3.12. The van der Waals surface area contributed by atoms with Crippen molar-refractivity contribution in [2.75, 3.05) is 23.3 Å². The topological polar surface area (TPSA) is 66.2 Å². The summed E-state index contributed by atoms with van der Waals surface area (Å²) in [6.45, 7) is 3.70. The molecule has 1 aliphatic rings. The summed E-state index contributed by atoms with van der Waals surface area (Å²) in [6.07, 6.45) is -1.08. The number of aromatic nitrogens is 2. The van der Waals surface area contributed by atoms with Crippen molar-refractivity contribution in [3.63, 3.8) is 0 Å². The lowest BCUT2D eigenvalue weighted by atomic mass is 10.0. The Morgan fingerprint density at radius 1 is 1.41 bits per heavy atom. The van der Waals surface area contributed by atoms with Crippen LogP contribution in [0.2, 0.25) is 0 Å². The molecule has 0 aromatic carbocycles. The first kappa shape index (κ1) is 19.4. The second kappa shape index (κ2) is 8.12. The number of rotatable bonds is 4. The van der Waals surface area contributed by atoms with Crippen molar-refractivity contribution in [2.24, 2.45) is 5.92 Å². The molecule has 6 nitrogen and oxygen atoms in total. The van der Waals surface area contributed by atoms with E-state index in [1.165, 1.54) is 6.26 Å². The smallest absolute Gasteiger partial charge is 0.433 e. The molecule has 1 aliphatic heterocycles. The van der Waals surface area contributed by atoms with E-state index in [0.29, 0.717) is 31.3 Å². The van der Waals surface area contributed by atoms with E-state index < -0.39 is 11.9 Å². The van der Waals surface area contributed by atoms with Gasteiger partial charge in [-0.05, 0) is 43.1 Å². The highest BCUT2D eigenvalue weighted by Crippen LogP contribution is 2.31. The fourth-order valence-electron chi connectivity index (χ4n) is 2.92. The predicted octanol–water partition coefficient (Wildman–Crippen LogP) is 3.81. The minimum Gasteiger partial charge on any atom is -0.467 e. The molecule has 0 aliphatic carbocycles. The Hall–Kier alpha value is -2.36. The SMILES string of the molecule is C[C@H]1CCCN(c2cc(C(F)(F)F)nc(NC(=S)NCc3ccco3)n2)C1. The van der Waals surface area contributed by atoms with Gasteiger partial charge in [0.25, 0.3) is 0 Å². The van der Waals surface area contributed by atoms with Gasteiger partial charge in [0, 0.05) is 19.2 Å². The fourth-order valence-corrected chi connectivity index (χ4v) is 3.08. The van der Waals surface area contributed by atoms with Crippen LogP contribution in [0, 0.1) is 5.92 Å². The van der Waals surface area contributed by atoms with Crippen molar-refractivity contribution >= 4 is 29.1 Å². The standard InChI is InChI=1S/C17H20F3N5OS/c1-11-4-2-6-25(10-11)14-8-13(17(18,19)20)22-15(23-14)24-16(27)21-9-12-5-3-7-26-12/h3,5,7-8,11H,2,4,6,9-10H2,1H3,(H2,21,22,23,24,27)/t11-/m0/s1. The molecular weight excluding hydrogens is 379 g/mol. The van der Waals surface area contributed by atoms with Crippen LogP contribution in [-0.2, 0) is 12.7 Å². The summed E-state index contributed by atoms with van der Waals surface area (Å²) in [7, 11) is 0. The van der Waals surface area contributed by atoms with E-state index in [4.69, 9.17) is 16.6 Å². The van der Waals surface area contributed by atoms with E-state index in [1.54, 1.807) is 12.1 Å². The van der Waals surface area contributed by atoms with Gasteiger partial charge in [0.05, 0.1) is 12.8 Å². The molecule has 3 heterocycles. The molecule has 0 amide bonds. The summed E-state index contributed by atoms with van der Waals surface area (Å²) in [5.74, 6) is 1.11. The van der Waals surface area contributed by atoms with Gasteiger partial charge in [-0.25, -0.2) is 4.98 Å². The molecule has 1 saturated heterocycles. The van der Waals surface area contributed by atoms with E-state index in [-0.39, 0.29) is 16.9 Å². The van der Waals surface area contributed by atoms with Gasteiger partial charge >= 0.3 is 6.18 Å². The van der Waals surface area contributed by atoms with Crippen molar-refractivity contribution < 1.29 is 17.6 Å². The third-order valence-corrected chi connectivity index (χ3v) is 4.46. The second-order valence-corrected chi connectivity index (χ2v) is 6.92. The molecule has 0 radical (unpaired) electrons. The first-order valence-electron chi connectivity index (χ1n) is 8.60. The molecule has 1 atom stereocenters. The molecule has 0 spiro atoms. The van der Waals surface area contributed by atoms with Crippen LogP contribution < -0.4 is 15.5 Å². The van der Waals surface area contributed by atoms with Gasteiger partial charge in [-0.15, -0.1) is 0 Å². The Balaban J connectivity index is 1.76. The highest BCUT2D eigenvalue weighted by atomic mass is 32.1. The minimum absolute atomic E-state index is 0.115.